The average Bonchev–Trinajstić information content (AvgIpc) is 2.38. The summed E-state index contributed by atoms with van der Waals surface area (Å²) in [6, 6.07) is 6.34. The molecule has 0 aliphatic carbocycles. The third-order valence-corrected chi connectivity index (χ3v) is 5.16. The highest BCUT2D eigenvalue weighted by atomic mass is 32.2. The molecule has 1 aromatic carbocycles. The first-order valence-electron chi connectivity index (χ1n) is 6.87. The molecule has 1 saturated heterocycles. The van der Waals surface area contributed by atoms with Crippen molar-refractivity contribution in [1.82, 2.24) is 9.62 Å². The number of likely N-dealkylation sites (tertiary alicyclic amines) is 1. The van der Waals surface area contributed by atoms with E-state index in [0.29, 0.717) is 5.56 Å². The summed E-state index contributed by atoms with van der Waals surface area (Å²) in [5.74, 6) is 0. The Labute approximate surface area is 120 Å². The van der Waals surface area contributed by atoms with Crippen molar-refractivity contribution in [3.8, 4) is 0 Å². The van der Waals surface area contributed by atoms with E-state index < -0.39 is 16.1 Å². The molecule has 1 heterocycles. The van der Waals surface area contributed by atoms with Gasteiger partial charge in [0.15, 0.2) is 0 Å². The lowest BCUT2D eigenvalue weighted by Crippen LogP contribution is -2.46. The second-order valence-corrected chi connectivity index (χ2v) is 7.18. The Morgan fingerprint density at radius 2 is 2.00 bits per heavy atom. The summed E-state index contributed by atoms with van der Waals surface area (Å²) in [5.41, 5.74) is 0.710. The minimum atomic E-state index is -3.48. The molecule has 0 bridgehead atoms. The van der Waals surface area contributed by atoms with Crippen LogP contribution in [0.4, 0.5) is 0 Å². The number of piperidine rings is 1. The molecule has 0 spiro atoms. The van der Waals surface area contributed by atoms with E-state index in [0.717, 1.165) is 25.9 Å². The van der Waals surface area contributed by atoms with Crippen LogP contribution < -0.4 is 4.72 Å². The van der Waals surface area contributed by atoms with Crippen LogP contribution in [0.2, 0.25) is 0 Å². The molecular weight excluding hydrogens is 276 g/mol. The number of hydrogen-bond acceptors (Lipinski definition) is 4. The molecule has 2 rings (SSSR count). The molecule has 0 radical (unpaired) electrons. The van der Waals surface area contributed by atoms with Crippen molar-refractivity contribution in [2.75, 3.05) is 20.1 Å². The Kier molecular flexibility index (Phi) is 4.80. The zero-order valence-corrected chi connectivity index (χ0v) is 12.7. The Hall–Kier alpha value is -0.950. The highest BCUT2D eigenvalue weighted by molar-refractivity contribution is 7.89. The summed E-state index contributed by atoms with van der Waals surface area (Å²) in [6.07, 6.45) is 1.28. The summed E-state index contributed by atoms with van der Waals surface area (Å²) in [6.45, 7) is 3.41. The molecule has 5 nitrogen and oxygen atoms in total. The van der Waals surface area contributed by atoms with Crippen molar-refractivity contribution in [1.29, 1.82) is 0 Å². The Balaban J connectivity index is 2.09. The van der Waals surface area contributed by atoms with E-state index in [-0.39, 0.29) is 10.9 Å². The fourth-order valence-corrected chi connectivity index (χ4v) is 3.74. The second-order valence-electron chi connectivity index (χ2n) is 5.47. The van der Waals surface area contributed by atoms with Gasteiger partial charge in [0.2, 0.25) is 10.0 Å². The minimum Gasteiger partial charge on any atom is -0.389 e. The topological polar surface area (TPSA) is 69.6 Å². The molecule has 0 amide bonds. The number of sulfonamides is 1. The number of aliphatic hydroxyl groups is 1. The summed E-state index contributed by atoms with van der Waals surface area (Å²) in [7, 11) is -1.49. The van der Waals surface area contributed by atoms with Gasteiger partial charge in [0, 0.05) is 12.6 Å². The molecule has 1 aliphatic rings. The van der Waals surface area contributed by atoms with E-state index >= 15 is 0 Å². The van der Waals surface area contributed by atoms with Crippen LogP contribution in [-0.4, -0.2) is 44.6 Å². The zero-order valence-electron chi connectivity index (χ0n) is 11.9. The van der Waals surface area contributed by atoms with Crippen LogP contribution in [0.15, 0.2) is 29.2 Å². The molecule has 0 saturated carbocycles. The lowest BCUT2D eigenvalue weighted by atomic mass is 10.1. The number of benzene rings is 1. The molecule has 2 atom stereocenters. The van der Waals surface area contributed by atoms with Gasteiger partial charge in [-0.1, -0.05) is 12.1 Å². The number of nitrogens with zero attached hydrogens (tertiary/aromatic N) is 1. The highest BCUT2D eigenvalue weighted by Crippen LogP contribution is 2.17. The van der Waals surface area contributed by atoms with Crippen molar-refractivity contribution >= 4 is 10.0 Å². The van der Waals surface area contributed by atoms with E-state index in [2.05, 4.69) is 9.62 Å². The normalized spacial score (nSPS) is 22.6. The third-order valence-electron chi connectivity index (χ3n) is 3.62. The maximum Gasteiger partial charge on any atom is 0.240 e. The van der Waals surface area contributed by atoms with Crippen molar-refractivity contribution in [3.63, 3.8) is 0 Å². The van der Waals surface area contributed by atoms with Crippen molar-refractivity contribution < 1.29 is 13.5 Å². The maximum atomic E-state index is 12.3. The fraction of sp³-hybridized carbons (Fsp3) is 0.571. The monoisotopic (exact) mass is 298 g/mol. The van der Waals surface area contributed by atoms with Crippen LogP contribution in [0.3, 0.4) is 0 Å². The highest BCUT2D eigenvalue weighted by Gasteiger charge is 2.23. The first-order valence-corrected chi connectivity index (χ1v) is 8.36. The van der Waals surface area contributed by atoms with Crippen LogP contribution >= 0.6 is 0 Å². The number of rotatable bonds is 4. The van der Waals surface area contributed by atoms with Gasteiger partial charge in [-0.3, -0.25) is 0 Å². The van der Waals surface area contributed by atoms with E-state index in [9.17, 15) is 13.5 Å². The molecule has 2 N–H and O–H groups in total. The maximum absolute atomic E-state index is 12.3. The van der Waals surface area contributed by atoms with Crippen molar-refractivity contribution in [2.45, 2.75) is 36.8 Å². The molecular formula is C14H22N2O3S. The predicted octanol–water partition coefficient (Wildman–Crippen LogP) is 1.11. The largest absolute Gasteiger partial charge is 0.389 e. The molecule has 1 aromatic rings. The van der Waals surface area contributed by atoms with E-state index in [4.69, 9.17) is 0 Å². The lowest BCUT2D eigenvalue weighted by Gasteiger charge is -2.30. The van der Waals surface area contributed by atoms with Crippen LogP contribution in [0.5, 0.6) is 0 Å². The predicted molar refractivity (Wildman–Crippen MR) is 77.9 cm³/mol. The first-order chi connectivity index (χ1) is 9.38. The number of likely N-dealkylation sites (N-methyl/N-ethyl adjacent to an activating group) is 1. The SMILES string of the molecule is CC(O)c1ccc(S(=O)(=O)NC2CCCN(C)C2)cc1. The summed E-state index contributed by atoms with van der Waals surface area (Å²) < 4.78 is 27.4. The fourth-order valence-electron chi connectivity index (χ4n) is 2.48. The Morgan fingerprint density at radius 1 is 1.35 bits per heavy atom. The number of nitrogens with one attached hydrogen (secondary N) is 1. The van der Waals surface area contributed by atoms with Crippen LogP contribution in [-0.2, 0) is 10.0 Å². The summed E-state index contributed by atoms with van der Waals surface area (Å²) in [4.78, 5) is 2.38. The second kappa shape index (κ2) is 6.22. The van der Waals surface area contributed by atoms with Crippen LogP contribution in [0.1, 0.15) is 31.4 Å². The third kappa shape index (κ3) is 3.79. The van der Waals surface area contributed by atoms with Crippen LogP contribution in [0.25, 0.3) is 0 Å². The van der Waals surface area contributed by atoms with Gasteiger partial charge in [-0.05, 0) is 51.1 Å². The van der Waals surface area contributed by atoms with Gasteiger partial charge >= 0.3 is 0 Å². The molecule has 20 heavy (non-hydrogen) atoms. The van der Waals surface area contributed by atoms with E-state index in [1.807, 2.05) is 7.05 Å². The van der Waals surface area contributed by atoms with Gasteiger partial charge in [-0.15, -0.1) is 0 Å². The number of aliphatic hydroxyl groups excluding tert-OH is 1. The van der Waals surface area contributed by atoms with Gasteiger partial charge in [0.05, 0.1) is 11.0 Å². The van der Waals surface area contributed by atoms with E-state index in [1.54, 1.807) is 19.1 Å². The summed E-state index contributed by atoms with van der Waals surface area (Å²) >= 11 is 0. The molecule has 1 fully saturated rings. The number of hydrogen-bond donors (Lipinski definition) is 2. The minimum absolute atomic E-state index is 0.0322. The van der Waals surface area contributed by atoms with Crippen molar-refractivity contribution in [2.24, 2.45) is 0 Å². The Morgan fingerprint density at radius 3 is 2.55 bits per heavy atom. The van der Waals surface area contributed by atoms with E-state index in [1.165, 1.54) is 12.1 Å². The zero-order chi connectivity index (χ0) is 14.8. The van der Waals surface area contributed by atoms with Gasteiger partial charge < -0.3 is 10.0 Å². The quantitative estimate of drug-likeness (QED) is 0.874. The summed E-state index contributed by atoms with van der Waals surface area (Å²) in [5, 5.41) is 9.44. The molecule has 1 aliphatic heterocycles. The molecule has 6 heteroatoms. The van der Waals surface area contributed by atoms with Gasteiger partial charge in [-0.2, -0.15) is 0 Å². The standard InChI is InChI=1S/C14H22N2O3S/c1-11(17)12-5-7-14(8-6-12)20(18,19)15-13-4-3-9-16(2)10-13/h5-8,11,13,15,17H,3-4,9-10H2,1-2H3. The Bertz CT molecular complexity index is 540. The van der Waals surface area contributed by atoms with Gasteiger partial charge in [0.25, 0.3) is 0 Å². The van der Waals surface area contributed by atoms with Gasteiger partial charge in [-0.25, -0.2) is 13.1 Å². The molecule has 0 aromatic heterocycles. The van der Waals surface area contributed by atoms with Gasteiger partial charge in [0.1, 0.15) is 0 Å². The first kappa shape index (κ1) is 15.4. The van der Waals surface area contributed by atoms with Crippen LogP contribution in [0, 0.1) is 0 Å². The van der Waals surface area contributed by atoms with Crippen molar-refractivity contribution in [3.05, 3.63) is 29.8 Å². The lowest BCUT2D eigenvalue weighted by molar-refractivity contribution is 0.199. The molecule has 112 valence electrons. The smallest absolute Gasteiger partial charge is 0.240 e. The average molecular weight is 298 g/mol. The molecule has 2 unspecified atom stereocenters.